The first-order valence-electron chi connectivity index (χ1n) is 11.5. The second kappa shape index (κ2) is 8.60. The number of halogens is 3. The highest BCUT2D eigenvalue weighted by molar-refractivity contribution is 5.93. The molecule has 1 saturated carbocycles. The molecule has 3 atom stereocenters. The molecule has 1 fully saturated rings. The molecule has 0 unspecified atom stereocenters. The van der Waals surface area contributed by atoms with Gasteiger partial charge < -0.3 is 9.84 Å². The van der Waals surface area contributed by atoms with Crippen molar-refractivity contribution in [2.24, 2.45) is 22.4 Å². The average molecular weight is 469 g/mol. The average Bonchev–Trinajstić information content (AvgIpc) is 3.05. The second-order valence-electron chi connectivity index (χ2n) is 10.9. The topological polar surface area (TPSA) is 62.1 Å². The third-order valence-electron chi connectivity index (χ3n) is 7.46. The van der Waals surface area contributed by atoms with Gasteiger partial charge in [0.05, 0.1) is 5.92 Å². The first-order valence-corrected chi connectivity index (χ1v) is 11.5. The summed E-state index contributed by atoms with van der Waals surface area (Å²) in [7, 11) is 0. The maximum absolute atomic E-state index is 14.2. The molecule has 0 spiro atoms. The fourth-order valence-corrected chi connectivity index (χ4v) is 4.72. The molecule has 1 aromatic carbocycles. The maximum atomic E-state index is 14.2. The number of alkyl halides is 3. The molecule has 2 aliphatic rings. The van der Waals surface area contributed by atoms with Gasteiger partial charge in [0.1, 0.15) is 5.75 Å². The number of aliphatic hydroxyl groups is 1. The lowest BCUT2D eigenvalue weighted by molar-refractivity contribution is -0.318. The van der Waals surface area contributed by atoms with Gasteiger partial charge in [-0.3, -0.25) is 4.79 Å². The van der Waals surface area contributed by atoms with Crippen LogP contribution in [-0.2, 0) is 10.2 Å². The van der Waals surface area contributed by atoms with Crippen molar-refractivity contribution in [1.82, 2.24) is 5.01 Å². The minimum atomic E-state index is -5.05. The Kier molecular flexibility index (Phi) is 6.65. The number of carbonyl (C=O) groups is 1. The Morgan fingerprint density at radius 1 is 1.18 bits per heavy atom. The van der Waals surface area contributed by atoms with Gasteiger partial charge in [0.25, 0.3) is 11.6 Å². The van der Waals surface area contributed by atoms with E-state index in [-0.39, 0.29) is 33.9 Å². The molecular formula is C25H35F3N2O3. The summed E-state index contributed by atoms with van der Waals surface area (Å²) in [6.07, 6.45) is -3.09. The van der Waals surface area contributed by atoms with E-state index in [1.165, 1.54) is 0 Å². The predicted octanol–water partition coefficient (Wildman–Crippen LogP) is 5.66. The highest BCUT2D eigenvalue weighted by atomic mass is 19.4. The molecule has 5 nitrogen and oxygen atoms in total. The van der Waals surface area contributed by atoms with Crippen molar-refractivity contribution in [1.29, 1.82) is 0 Å². The molecule has 0 bridgehead atoms. The number of amides is 1. The summed E-state index contributed by atoms with van der Waals surface area (Å²) in [5.74, 6) is -1.94. The highest BCUT2D eigenvalue weighted by Crippen LogP contribution is 2.52. The summed E-state index contributed by atoms with van der Waals surface area (Å²) < 4.78 is 48.0. The minimum Gasteiger partial charge on any atom is -0.484 e. The van der Waals surface area contributed by atoms with Crippen LogP contribution in [0, 0.1) is 17.3 Å². The number of benzene rings is 1. The second-order valence-corrected chi connectivity index (χ2v) is 10.9. The van der Waals surface area contributed by atoms with E-state index < -0.39 is 30.3 Å². The molecule has 1 heterocycles. The molecule has 1 amide bonds. The summed E-state index contributed by atoms with van der Waals surface area (Å²) in [6, 6.07) is 7.06. The van der Waals surface area contributed by atoms with Crippen molar-refractivity contribution in [2.75, 3.05) is 6.61 Å². The lowest BCUT2D eigenvalue weighted by Crippen LogP contribution is -2.62. The molecule has 3 rings (SSSR count). The third kappa shape index (κ3) is 4.77. The first kappa shape index (κ1) is 25.5. The lowest BCUT2D eigenvalue weighted by Gasteiger charge is -2.43. The van der Waals surface area contributed by atoms with Crippen LogP contribution in [0.5, 0.6) is 5.75 Å². The van der Waals surface area contributed by atoms with Gasteiger partial charge in [-0.1, -0.05) is 60.1 Å². The molecule has 33 heavy (non-hydrogen) atoms. The van der Waals surface area contributed by atoms with Crippen LogP contribution in [0.4, 0.5) is 13.2 Å². The summed E-state index contributed by atoms with van der Waals surface area (Å²) in [5, 5.41) is 15.1. The van der Waals surface area contributed by atoms with Gasteiger partial charge in [0.15, 0.2) is 6.61 Å². The molecule has 0 saturated heterocycles. The fourth-order valence-electron chi connectivity index (χ4n) is 4.72. The largest absolute Gasteiger partial charge is 0.484 e. The molecule has 0 radical (unpaired) electrons. The van der Waals surface area contributed by atoms with Gasteiger partial charge in [0.2, 0.25) is 0 Å². The first-order chi connectivity index (χ1) is 15.1. The molecule has 1 aromatic rings. The van der Waals surface area contributed by atoms with Crippen LogP contribution in [0.25, 0.3) is 0 Å². The smallest absolute Gasteiger partial charge is 0.439 e. The molecule has 1 aliphatic heterocycles. The van der Waals surface area contributed by atoms with Crippen LogP contribution < -0.4 is 4.74 Å². The summed E-state index contributed by atoms with van der Waals surface area (Å²) in [6.45, 7) is 11.6. The van der Waals surface area contributed by atoms with E-state index in [0.717, 1.165) is 12.0 Å². The Bertz CT molecular complexity index is 903. The van der Waals surface area contributed by atoms with Gasteiger partial charge in [0, 0.05) is 5.71 Å². The van der Waals surface area contributed by atoms with Crippen molar-refractivity contribution in [2.45, 2.75) is 84.5 Å². The number of fused-ring (bicyclic) bond motifs is 1. The SMILES string of the molecule is CCC(C)(C)[C@@H]1CCC2=NN(C(=O)COc3ccc(C(C)(C)C)cc3)[C@@](O)(C(F)(F)F)[C@@H]2C1. The molecule has 184 valence electrons. The van der Waals surface area contributed by atoms with Crippen molar-refractivity contribution in [3.8, 4) is 5.75 Å². The van der Waals surface area contributed by atoms with Crippen LogP contribution >= 0.6 is 0 Å². The van der Waals surface area contributed by atoms with E-state index in [1.807, 2.05) is 32.9 Å². The van der Waals surface area contributed by atoms with E-state index >= 15 is 0 Å². The van der Waals surface area contributed by atoms with Crippen molar-refractivity contribution >= 4 is 11.6 Å². The van der Waals surface area contributed by atoms with Crippen molar-refractivity contribution in [3.05, 3.63) is 29.8 Å². The number of hydrogen-bond acceptors (Lipinski definition) is 4. The quantitative estimate of drug-likeness (QED) is 0.606. The number of hydrazone groups is 1. The lowest BCUT2D eigenvalue weighted by atomic mass is 9.64. The Hall–Kier alpha value is -2.09. The van der Waals surface area contributed by atoms with Gasteiger partial charge in [-0.15, -0.1) is 0 Å². The molecular weight excluding hydrogens is 433 g/mol. The zero-order chi connectivity index (χ0) is 24.8. The van der Waals surface area contributed by atoms with E-state index in [0.29, 0.717) is 18.6 Å². The summed E-state index contributed by atoms with van der Waals surface area (Å²) >= 11 is 0. The van der Waals surface area contributed by atoms with Gasteiger partial charge in [-0.05, 0) is 53.7 Å². The van der Waals surface area contributed by atoms with E-state index in [9.17, 15) is 23.1 Å². The molecule has 1 aliphatic carbocycles. The molecule has 0 aromatic heterocycles. The maximum Gasteiger partial charge on any atom is 0.439 e. The Labute approximate surface area is 194 Å². The normalized spacial score (nSPS) is 26.1. The fraction of sp³-hybridized carbons (Fsp3) is 0.680. The number of ether oxygens (including phenoxy) is 1. The summed E-state index contributed by atoms with van der Waals surface area (Å²) in [5.41, 5.74) is -2.30. The zero-order valence-electron chi connectivity index (χ0n) is 20.3. The van der Waals surface area contributed by atoms with E-state index in [4.69, 9.17) is 4.74 Å². The van der Waals surface area contributed by atoms with Crippen LogP contribution in [-0.4, -0.2) is 40.2 Å². The highest BCUT2D eigenvalue weighted by Gasteiger charge is 2.69. The van der Waals surface area contributed by atoms with Gasteiger partial charge in [-0.25, -0.2) is 0 Å². The Morgan fingerprint density at radius 2 is 1.79 bits per heavy atom. The van der Waals surface area contributed by atoms with Gasteiger partial charge >= 0.3 is 6.18 Å². The third-order valence-corrected chi connectivity index (χ3v) is 7.46. The minimum absolute atomic E-state index is 0.00652. The Morgan fingerprint density at radius 3 is 2.30 bits per heavy atom. The summed E-state index contributed by atoms with van der Waals surface area (Å²) in [4.78, 5) is 12.8. The Balaban J connectivity index is 1.79. The van der Waals surface area contributed by atoms with Crippen molar-refractivity contribution in [3.63, 3.8) is 0 Å². The van der Waals surface area contributed by atoms with E-state index in [2.05, 4.69) is 25.9 Å². The van der Waals surface area contributed by atoms with Gasteiger partial charge in [-0.2, -0.15) is 23.3 Å². The van der Waals surface area contributed by atoms with E-state index in [1.54, 1.807) is 12.1 Å². The number of nitrogens with zero attached hydrogens (tertiary/aromatic N) is 2. The molecule has 8 heteroatoms. The van der Waals surface area contributed by atoms with Crippen molar-refractivity contribution < 1.29 is 27.8 Å². The van der Waals surface area contributed by atoms with Crippen LogP contribution in [0.2, 0.25) is 0 Å². The monoisotopic (exact) mass is 468 g/mol. The predicted molar refractivity (Wildman–Crippen MR) is 121 cm³/mol. The molecule has 1 N–H and O–H groups in total. The number of hydrogen-bond donors (Lipinski definition) is 1. The number of carbonyl (C=O) groups excluding carboxylic acids is 1. The standard InChI is InChI=1S/C25H35F3N2O3/c1-7-23(5,6)17-10-13-20-19(14-17)24(32,25(26,27)28)30(29-20)21(31)15-33-18-11-8-16(9-12-18)22(2,3)4/h8-9,11-12,17,19,32H,7,10,13-15H2,1-6H3/t17-,19-,24+/m1/s1. The van der Waals surface area contributed by atoms with Crippen LogP contribution in [0.3, 0.4) is 0 Å². The zero-order valence-corrected chi connectivity index (χ0v) is 20.3. The number of rotatable bonds is 5. The van der Waals surface area contributed by atoms with Crippen LogP contribution in [0.1, 0.15) is 72.8 Å². The van der Waals surface area contributed by atoms with Crippen LogP contribution in [0.15, 0.2) is 29.4 Å².